The lowest BCUT2D eigenvalue weighted by molar-refractivity contribution is -0.116. The molecule has 122 valence electrons. The molecular weight excluding hydrogens is 312 g/mol. The maximum absolute atomic E-state index is 13.1. The minimum atomic E-state index is -0.415. The smallest absolute Gasteiger partial charge is 0.246 e. The minimum Gasteiger partial charge on any atom is -0.324 e. The normalized spacial score (nSPS) is 10.6. The van der Waals surface area contributed by atoms with Gasteiger partial charge in [0.15, 0.2) is 0 Å². The van der Waals surface area contributed by atoms with Crippen LogP contribution in [0.2, 0.25) is 0 Å². The van der Waals surface area contributed by atoms with Crippen LogP contribution in [0.1, 0.15) is 5.69 Å². The standard InChI is InChI=1S/C18H15F2N3O/c1-12-9-17(13-5-7-14(19)8-6-13)22-23(12)11-18(24)21-16-4-2-3-15(20)10-16/h2-10H,11H2,1H3,(H,21,24). The van der Waals surface area contributed by atoms with Crippen LogP contribution < -0.4 is 5.32 Å². The summed E-state index contributed by atoms with van der Waals surface area (Å²) in [5.41, 5.74) is 2.61. The van der Waals surface area contributed by atoms with Crippen LogP contribution in [0, 0.1) is 18.6 Å². The number of halogens is 2. The quantitative estimate of drug-likeness (QED) is 0.793. The van der Waals surface area contributed by atoms with Crippen LogP contribution >= 0.6 is 0 Å². The zero-order valence-electron chi connectivity index (χ0n) is 13.0. The predicted molar refractivity (Wildman–Crippen MR) is 87.4 cm³/mol. The Labute approximate surface area is 137 Å². The van der Waals surface area contributed by atoms with Crippen LogP contribution in [0.3, 0.4) is 0 Å². The van der Waals surface area contributed by atoms with Gasteiger partial charge in [0.1, 0.15) is 18.2 Å². The van der Waals surface area contributed by atoms with E-state index in [-0.39, 0.29) is 18.3 Å². The van der Waals surface area contributed by atoms with Crippen LogP contribution in [-0.2, 0) is 11.3 Å². The molecule has 1 amide bonds. The Hall–Kier alpha value is -3.02. The number of amides is 1. The largest absolute Gasteiger partial charge is 0.324 e. The van der Waals surface area contributed by atoms with Gasteiger partial charge in [-0.15, -0.1) is 0 Å². The second-order valence-electron chi connectivity index (χ2n) is 5.39. The molecule has 3 aromatic rings. The van der Waals surface area contributed by atoms with Gasteiger partial charge in [0, 0.05) is 16.9 Å². The number of aromatic nitrogens is 2. The minimum absolute atomic E-state index is 0.00351. The number of anilines is 1. The molecule has 0 spiro atoms. The third-order valence-electron chi connectivity index (χ3n) is 3.52. The van der Waals surface area contributed by atoms with Crippen molar-refractivity contribution in [3.8, 4) is 11.3 Å². The number of benzene rings is 2. The van der Waals surface area contributed by atoms with Crippen LogP contribution in [0.5, 0.6) is 0 Å². The molecule has 4 nitrogen and oxygen atoms in total. The Bertz CT molecular complexity index is 872. The van der Waals surface area contributed by atoms with E-state index in [1.807, 2.05) is 13.0 Å². The maximum Gasteiger partial charge on any atom is 0.246 e. The number of carbonyl (C=O) groups is 1. The zero-order chi connectivity index (χ0) is 17.1. The van der Waals surface area contributed by atoms with E-state index in [0.29, 0.717) is 11.4 Å². The monoisotopic (exact) mass is 327 g/mol. The van der Waals surface area contributed by atoms with Crippen molar-refractivity contribution in [3.63, 3.8) is 0 Å². The molecule has 0 saturated carbocycles. The Kier molecular flexibility index (Phi) is 4.37. The van der Waals surface area contributed by atoms with E-state index < -0.39 is 5.82 Å². The lowest BCUT2D eigenvalue weighted by Crippen LogP contribution is -2.20. The summed E-state index contributed by atoms with van der Waals surface area (Å²) in [6.45, 7) is 1.83. The number of nitrogens with one attached hydrogen (secondary N) is 1. The van der Waals surface area contributed by atoms with Gasteiger partial charge < -0.3 is 5.32 Å². The van der Waals surface area contributed by atoms with Gasteiger partial charge in [-0.25, -0.2) is 8.78 Å². The Morgan fingerprint density at radius 2 is 1.83 bits per heavy atom. The molecule has 0 saturated heterocycles. The number of hydrogen-bond donors (Lipinski definition) is 1. The van der Waals surface area contributed by atoms with E-state index in [1.54, 1.807) is 22.9 Å². The molecule has 0 aliphatic rings. The molecule has 0 aliphatic heterocycles. The van der Waals surface area contributed by atoms with Crippen LogP contribution in [0.25, 0.3) is 11.3 Å². The van der Waals surface area contributed by atoms with E-state index in [0.717, 1.165) is 11.3 Å². The van der Waals surface area contributed by atoms with Crippen molar-refractivity contribution < 1.29 is 13.6 Å². The van der Waals surface area contributed by atoms with Crippen molar-refractivity contribution in [3.05, 3.63) is 71.9 Å². The third-order valence-corrected chi connectivity index (χ3v) is 3.52. The summed E-state index contributed by atoms with van der Waals surface area (Å²) >= 11 is 0. The highest BCUT2D eigenvalue weighted by Gasteiger charge is 2.10. The third kappa shape index (κ3) is 3.65. The SMILES string of the molecule is Cc1cc(-c2ccc(F)cc2)nn1CC(=O)Nc1cccc(F)c1. The molecule has 3 rings (SSSR count). The van der Waals surface area contributed by atoms with Crippen molar-refractivity contribution in [1.29, 1.82) is 0 Å². The van der Waals surface area contributed by atoms with E-state index >= 15 is 0 Å². The number of nitrogens with zero attached hydrogens (tertiary/aromatic N) is 2. The fraction of sp³-hybridized carbons (Fsp3) is 0.111. The Morgan fingerprint density at radius 1 is 1.08 bits per heavy atom. The number of aryl methyl sites for hydroxylation is 1. The Morgan fingerprint density at radius 3 is 2.54 bits per heavy atom. The predicted octanol–water partition coefficient (Wildman–Crippen LogP) is 3.78. The van der Waals surface area contributed by atoms with Crippen molar-refractivity contribution in [2.75, 3.05) is 5.32 Å². The van der Waals surface area contributed by atoms with E-state index in [4.69, 9.17) is 0 Å². The highest BCUT2D eigenvalue weighted by Crippen LogP contribution is 2.19. The number of rotatable bonds is 4. The molecule has 1 heterocycles. The van der Waals surface area contributed by atoms with Crippen molar-refractivity contribution in [2.45, 2.75) is 13.5 Å². The molecule has 1 aromatic heterocycles. The van der Waals surface area contributed by atoms with Gasteiger partial charge in [-0.2, -0.15) is 5.10 Å². The maximum atomic E-state index is 13.1. The fourth-order valence-electron chi connectivity index (χ4n) is 2.33. The van der Waals surface area contributed by atoms with Gasteiger partial charge in [-0.3, -0.25) is 9.48 Å². The highest BCUT2D eigenvalue weighted by molar-refractivity contribution is 5.90. The first-order chi connectivity index (χ1) is 11.5. The van der Waals surface area contributed by atoms with Crippen LogP contribution in [-0.4, -0.2) is 15.7 Å². The molecule has 0 fully saturated rings. The molecular formula is C18H15F2N3O. The van der Waals surface area contributed by atoms with Gasteiger partial charge in [0.05, 0.1) is 5.69 Å². The van der Waals surface area contributed by atoms with E-state index in [2.05, 4.69) is 10.4 Å². The molecule has 0 atom stereocenters. The molecule has 6 heteroatoms. The number of carbonyl (C=O) groups excluding carboxylic acids is 1. The molecule has 2 aromatic carbocycles. The van der Waals surface area contributed by atoms with Gasteiger partial charge in [0.2, 0.25) is 5.91 Å². The van der Waals surface area contributed by atoms with Crippen LogP contribution in [0.15, 0.2) is 54.6 Å². The summed E-state index contributed by atoms with van der Waals surface area (Å²) in [6, 6.07) is 13.5. The van der Waals surface area contributed by atoms with Gasteiger partial charge >= 0.3 is 0 Å². The summed E-state index contributed by atoms with van der Waals surface area (Å²) in [7, 11) is 0. The molecule has 0 radical (unpaired) electrons. The average molecular weight is 327 g/mol. The summed E-state index contributed by atoms with van der Waals surface area (Å²) < 4.78 is 27.7. The average Bonchev–Trinajstić information content (AvgIpc) is 2.89. The van der Waals surface area contributed by atoms with Gasteiger partial charge in [0.25, 0.3) is 0 Å². The summed E-state index contributed by atoms with van der Waals surface area (Å²) in [5.74, 6) is -1.04. The van der Waals surface area contributed by atoms with Gasteiger partial charge in [-0.05, 0) is 55.5 Å². The summed E-state index contributed by atoms with van der Waals surface area (Å²) in [5, 5.41) is 6.99. The second kappa shape index (κ2) is 6.62. The van der Waals surface area contributed by atoms with Crippen molar-refractivity contribution in [1.82, 2.24) is 9.78 Å². The first kappa shape index (κ1) is 15.9. The van der Waals surface area contributed by atoms with E-state index in [1.165, 1.54) is 30.3 Å². The number of hydrogen-bond acceptors (Lipinski definition) is 2. The second-order valence-corrected chi connectivity index (χ2v) is 5.39. The zero-order valence-corrected chi connectivity index (χ0v) is 13.0. The molecule has 24 heavy (non-hydrogen) atoms. The van der Waals surface area contributed by atoms with Crippen molar-refractivity contribution >= 4 is 11.6 Å². The molecule has 0 aliphatic carbocycles. The summed E-state index contributed by atoms with van der Waals surface area (Å²) in [4.78, 5) is 12.1. The van der Waals surface area contributed by atoms with Gasteiger partial charge in [-0.1, -0.05) is 6.07 Å². The molecule has 0 bridgehead atoms. The topological polar surface area (TPSA) is 46.9 Å². The molecule has 0 unspecified atom stereocenters. The lowest BCUT2D eigenvalue weighted by Gasteiger charge is -2.06. The van der Waals surface area contributed by atoms with Crippen LogP contribution in [0.4, 0.5) is 14.5 Å². The first-order valence-corrected chi connectivity index (χ1v) is 7.37. The lowest BCUT2D eigenvalue weighted by atomic mass is 10.1. The Balaban J connectivity index is 1.73. The summed E-state index contributed by atoms with van der Waals surface area (Å²) in [6.07, 6.45) is 0. The first-order valence-electron chi connectivity index (χ1n) is 7.37. The fourth-order valence-corrected chi connectivity index (χ4v) is 2.33. The van der Waals surface area contributed by atoms with Crippen molar-refractivity contribution in [2.24, 2.45) is 0 Å². The highest BCUT2D eigenvalue weighted by atomic mass is 19.1. The molecule has 1 N–H and O–H groups in total. The van der Waals surface area contributed by atoms with E-state index in [9.17, 15) is 13.6 Å².